The molecular formula is C18H29IN4O. The molecule has 134 valence electrons. The molecule has 2 rings (SSSR count). The zero-order valence-corrected chi connectivity index (χ0v) is 16.7. The lowest BCUT2D eigenvalue weighted by Gasteiger charge is -2.23. The maximum atomic E-state index is 6.00. The molecule has 1 aromatic rings. The lowest BCUT2D eigenvalue weighted by molar-refractivity contribution is 0.267. The smallest absolute Gasteiger partial charge is 0.188 e. The van der Waals surface area contributed by atoms with E-state index in [0.717, 1.165) is 24.4 Å². The predicted molar refractivity (Wildman–Crippen MR) is 111 cm³/mol. The highest BCUT2D eigenvalue weighted by Crippen LogP contribution is 2.19. The van der Waals surface area contributed by atoms with Crippen LogP contribution in [0.25, 0.3) is 0 Å². The summed E-state index contributed by atoms with van der Waals surface area (Å²) in [4.78, 5) is 6.92. The number of nitrogens with zero attached hydrogens (tertiary/aromatic N) is 2. The van der Waals surface area contributed by atoms with Gasteiger partial charge in [0.2, 0.25) is 0 Å². The van der Waals surface area contributed by atoms with Gasteiger partial charge in [0.25, 0.3) is 0 Å². The number of ether oxygens (including phenoxy) is 1. The third-order valence-corrected chi connectivity index (χ3v) is 4.17. The van der Waals surface area contributed by atoms with Gasteiger partial charge in [-0.2, -0.15) is 0 Å². The summed E-state index contributed by atoms with van der Waals surface area (Å²) in [6.07, 6.45) is 4.23. The van der Waals surface area contributed by atoms with E-state index < -0.39 is 0 Å². The Hall–Kier alpha value is -1.28. The van der Waals surface area contributed by atoms with E-state index in [1.165, 1.54) is 19.4 Å². The molecule has 0 saturated carbocycles. The molecule has 1 heterocycles. The van der Waals surface area contributed by atoms with Crippen molar-refractivity contribution >= 4 is 29.9 Å². The van der Waals surface area contributed by atoms with Crippen LogP contribution in [0, 0.1) is 0 Å². The van der Waals surface area contributed by atoms with E-state index in [1.54, 1.807) is 6.08 Å². The minimum Gasteiger partial charge on any atom is -0.489 e. The first kappa shape index (κ1) is 20.8. The lowest BCUT2D eigenvalue weighted by Crippen LogP contribution is -2.42. The molecular weight excluding hydrogens is 415 g/mol. The van der Waals surface area contributed by atoms with E-state index in [1.807, 2.05) is 24.3 Å². The Morgan fingerprint density at radius 1 is 1.50 bits per heavy atom. The van der Waals surface area contributed by atoms with E-state index in [4.69, 9.17) is 10.5 Å². The van der Waals surface area contributed by atoms with Crippen molar-refractivity contribution in [3.05, 3.63) is 42.5 Å². The Morgan fingerprint density at radius 3 is 3.04 bits per heavy atom. The SMILES string of the molecule is C=CCOc1ccccc1CN=C(N)NCC1CCCN1CC.I. The predicted octanol–water partition coefficient (Wildman–Crippen LogP) is 2.76. The summed E-state index contributed by atoms with van der Waals surface area (Å²) in [5.41, 5.74) is 7.02. The van der Waals surface area contributed by atoms with Gasteiger partial charge in [0.1, 0.15) is 12.4 Å². The monoisotopic (exact) mass is 444 g/mol. The molecule has 0 amide bonds. The van der Waals surface area contributed by atoms with Crippen molar-refractivity contribution in [2.45, 2.75) is 32.4 Å². The van der Waals surface area contributed by atoms with Gasteiger partial charge in [-0.05, 0) is 32.0 Å². The number of aliphatic imine (C=N–C) groups is 1. The highest BCUT2D eigenvalue weighted by atomic mass is 127. The number of halogens is 1. The van der Waals surface area contributed by atoms with Crippen molar-refractivity contribution in [2.75, 3.05) is 26.2 Å². The van der Waals surface area contributed by atoms with Crippen molar-refractivity contribution in [2.24, 2.45) is 10.7 Å². The molecule has 6 heteroatoms. The van der Waals surface area contributed by atoms with E-state index in [2.05, 4.69) is 28.7 Å². The van der Waals surface area contributed by atoms with Crippen LogP contribution in [0.2, 0.25) is 0 Å². The molecule has 0 radical (unpaired) electrons. The van der Waals surface area contributed by atoms with Gasteiger partial charge in [-0.15, -0.1) is 24.0 Å². The van der Waals surface area contributed by atoms with Crippen molar-refractivity contribution in [3.63, 3.8) is 0 Å². The Morgan fingerprint density at radius 2 is 2.29 bits per heavy atom. The number of benzene rings is 1. The standard InChI is InChI=1S/C18H28N4O.HI/c1-3-12-23-17-10-6-5-8-15(17)13-20-18(19)21-14-16-9-7-11-22(16)4-2;/h3,5-6,8,10,16H,1,4,7,9,11-14H2,2H3,(H3,19,20,21);1H. The van der Waals surface area contributed by atoms with Crippen LogP contribution in [0.15, 0.2) is 41.9 Å². The molecule has 0 spiro atoms. The first-order valence-electron chi connectivity index (χ1n) is 8.34. The quantitative estimate of drug-likeness (QED) is 0.280. The number of likely N-dealkylation sites (N-methyl/N-ethyl adjacent to an activating group) is 1. The Balaban J connectivity index is 0.00000288. The largest absolute Gasteiger partial charge is 0.489 e. The van der Waals surface area contributed by atoms with Gasteiger partial charge in [0, 0.05) is 18.2 Å². The highest BCUT2D eigenvalue weighted by Gasteiger charge is 2.22. The van der Waals surface area contributed by atoms with Gasteiger partial charge in [0.05, 0.1) is 6.54 Å². The molecule has 3 N–H and O–H groups in total. The highest BCUT2D eigenvalue weighted by molar-refractivity contribution is 14.0. The van der Waals surface area contributed by atoms with E-state index in [-0.39, 0.29) is 24.0 Å². The molecule has 24 heavy (non-hydrogen) atoms. The summed E-state index contributed by atoms with van der Waals surface area (Å²) in [5.74, 6) is 1.32. The topological polar surface area (TPSA) is 62.9 Å². The molecule has 5 nitrogen and oxygen atoms in total. The molecule has 1 atom stereocenters. The molecule has 0 aromatic heterocycles. The third kappa shape index (κ3) is 6.32. The third-order valence-electron chi connectivity index (χ3n) is 4.17. The molecule has 0 bridgehead atoms. The van der Waals surface area contributed by atoms with Crippen LogP contribution < -0.4 is 15.8 Å². The Kier molecular flexibility index (Phi) is 9.78. The minimum absolute atomic E-state index is 0. The van der Waals surface area contributed by atoms with Gasteiger partial charge in [0.15, 0.2) is 5.96 Å². The second-order valence-electron chi connectivity index (χ2n) is 5.71. The van der Waals surface area contributed by atoms with Crippen LogP contribution in [0.3, 0.4) is 0 Å². The number of hydrogen-bond acceptors (Lipinski definition) is 3. The number of hydrogen-bond donors (Lipinski definition) is 2. The molecule has 1 aromatic carbocycles. The maximum absolute atomic E-state index is 6.00. The van der Waals surface area contributed by atoms with Crippen LogP contribution in [-0.4, -0.2) is 43.1 Å². The summed E-state index contributed by atoms with van der Waals surface area (Å²) in [7, 11) is 0. The second-order valence-corrected chi connectivity index (χ2v) is 5.71. The summed E-state index contributed by atoms with van der Waals surface area (Å²) in [6, 6.07) is 8.44. The summed E-state index contributed by atoms with van der Waals surface area (Å²) >= 11 is 0. The molecule has 1 aliphatic heterocycles. The van der Waals surface area contributed by atoms with Crippen LogP contribution in [-0.2, 0) is 6.54 Å². The van der Waals surface area contributed by atoms with E-state index in [0.29, 0.717) is 25.2 Å². The summed E-state index contributed by atoms with van der Waals surface area (Å²) in [5, 5.41) is 3.25. The van der Waals surface area contributed by atoms with Crippen molar-refractivity contribution in [3.8, 4) is 5.75 Å². The number of para-hydroxylation sites is 1. The van der Waals surface area contributed by atoms with Crippen molar-refractivity contribution in [1.82, 2.24) is 10.2 Å². The first-order valence-corrected chi connectivity index (χ1v) is 8.34. The molecule has 1 fully saturated rings. The number of rotatable bonds is 8. The zero-order chi connectivity index (χ0) is 16.5. The number of likely N-dealkylation sites (tertiary alicyclic amines) is 1. The average Bonchev–Trinajstić information content (AvgIpc) is 3.04. The number of nitrogens with two attached hydrogens (primary N) is 1. The second kappa shape index (κ2) is 11.3. The van der Waals surface area contributed by atoms with Gasteiger partial charge in [-0.1, -0.05) is 37.8 Å². The molecule has 0 aliphatic carbocycles. The number of nitrogens with one attached hydrogen (secondary N) is 1. The molecule has 1 unspecified atom stereocenters. The van der Waals surface area contributed by atoms with Gasteiger partial charge in [-0.3, -0.25) is 4.90 Å². The summed E-state index contributed by atoms with van der Waals surface area (Å²) in [6.45, 7) is 10.0. The maximum Gasteiger partial charge on any atom is 0.188 e. The fourth-order valence-electron chi connectivity index (χ4n) is 2.92. The minimum atomic E-state index is 0. The summed E-state index contributed by atoms with van der Waals surface area (Å²) < 4.78 is 5.63. The average molecular weight is 444 g/mol. The van der Waals surface area contributed by atoms with Crippen LogP contribution >= 0.6 is 24.0 Å². The fourth-order valence-corrected chi connectivity index (χ4v) is 2.92. The Bertz CT molecular complexity index is 536. The lowest BCUT2D eigenvalue weighted by atomic mass is 10.2. The van der Waals surface area contributed by atoms with E-state index >= 15 is 0 Å². The molecule has 1 saturated heterocycles. The van der Waals surface area contributed by atoms with Crippen molar-refractivity contribution < 1.29 is 4.74 Å². The zero-order valence-electron chi connectivity index (χ0n) is 14.4. The van der Waals surface area contributed by atoms with Gasteiger partial charge < -0.3 is 15.8 Å². The van der Waals surface area contributed by atoms with Crippen LogP contribution in [0.1, 0.15) is 25.3 Å². The molecule has 1 aliphatic rings. The van der Waals surface area contributed by atoms with Crippen molar-refractivity contribution in [1.29, 1.82) is 0 Å². The number of guanidine groups is 1. The first-order chi connectivity index (χ1) is 11.2. The van der Waals surface area contributed by atoms with Crippen LogP contribution in [0.5, 0.6) is 5.75 Å². The fraction of sp³-hybridized carbons (Fsp3) is 0.500. The normalized spacial score (nSPS) is 18.0. The van der Waals surface area contributed by atoms with Gasteiger partial charge in [-0.25, -0.2) is 4.99 Å². The van der Waals surface area contributed by atoms with E-state index in [9.17, 15) is 0 Å². The van der Waals surface area contributed by atoms with Crippen LogP contribution in [0.4, 0.5) is 0 Å². The van der Waals surface area contributed by atoms with Gasteiger partial charge >= 0.3 is 0 Å². The Labute approximate surface area is 162 Å².